The van der Waals surface area contributed by atoms with Crippen LogP contribution in [0, 0.1) is 0 Å². The summed E-state index contributed by atoms with van der Waals surface area (Å²) in [5, 5.41) is 6.04. The van der Waals surface area contributed by atoms with Crippen molar-refractivity contribution < 1.29 is 18.0 Å². The van der Waals surface area contributed by atoms with Gasteiger partial charge in [-0.25, -0.2) is 4.98 Å². The third kappa shape index (κ3) is 4.67. The molecule has 0 bridgehead atoms. The highest BCUT2D eigenvalue weighted by atomic mass is 19.4. The first-order valence-electron chi connectivity index (χ1n) is 8.50. The second-order valence-corrected chi connectivity index (χ2v) is 5.49. The van der Waals surface area contributed by atoms with E-state index < -0.39 is 11.9 Å². The number of amides is 1. The van der Waals surface area contributed by atoms with Gasteiger partial charge in [0, 0.05) is 18.2 Å². The molecule has 1 amide bonds. The predicted octanol–water partition coefficient (Wildman–Crippen LogP) is 4.36. The lowest BCUT2D eigenvalue weighted by molar-refractivity contribution is -0.141. The molecule has 0 aliphatic carbocycles. The van der Waals surface area contributed by atoms with Gasteiger partial charge in [0.05, 0.1) is 5.69 Å². The predicted molar refractivity (Wildman–Crippen MR) is 102 cm³/mol. The molecule has 148 valence electrons. The first kappa shape index (κ1) is 20.9. The van der Waals surface area contributed by atoms with Crippen LogP contribution >= 0.6 is 0 Å². The van der Waals surface area contributed by atoms with Crippen molar-refractivity contribution in [2.45, 2.75) is 20.0 Å². The number of benzene rings is 1. The highest BCUT2D eigenvalue weighted by molar-refractivity contribution is 6.03. The summed E-state index contributed by atoms with van der Waals surface area (Å²) in [6.45, 7) is 4.00. The fourth-order valence-electron chi connectivity index (χ4n) is 2.40. The van der Waals surface area contributed by atoms with Crippen molar-refractivity contribution in [3.8, 4) is 11.3 Å². The molecule has 2 heterocycles. The lowest BCUT2D eigenvalue weighted by Gasteiger charge is -2.09. The van der Waals surface area contributed by atoms with E-state index in [2.05, 4.69) is 15.4 Å². The second-order valence-electron chi connectivity index (χ2n) is 5.49. The molecule has 6 nitrogen and oxygen atoms in total. The second kappa shape index (κ2) is 8.55. The van der Waals surface area contributed by atoms with E-state index in [0.29, 0.717) is 5.56 Å². The number of aryl methyl sites for hydroxylation is 1. The van der Waals surface area contributed by atoms with E-state index in [1.807, 2.05) is 13.8 Å². The average Bonchev–Trinajstić information content (AvgIpc) is 3.06. The Morgan fingerprint density at radius 3 is 2.29 bits per heavy atom. The van der Waals surface area contributed by atoms with Crippen molar-refractivity contribution in [1.82, 2.24) is 14.8 Å². The van der Waals surface area contributed by atoms with E-state index in [4.69, 9.17) is 5.73 Å². The molecule has 1 aromatic carbocycles. The molecule has 0 saturated heterocycles. The molecule has 3 N–H and O–H groups in total. The molecule has 2 aromatic heterocycles. The Labute approximate surface area is 160 Å². The molecule has 0 aliphatic heterocycles. The normalized spacial score (nSPS) is 10.8. The number of nitrogens with one attached hydrogen (secondary N) is 1. The molecule has 0 atom stereocenters. The zero-order valence-electron chi connectivity index (χ0n) is 15.6. The molecule has 0 spiro atoms. The van der Waals surface area contributed by atoms with Gasteiger partial charge in [-0.3, -0.25) is 9.48 Å². The van der Waals surface area contributed by atoms with Crippen LogP contribution in [0.3, 0.4) is 0 Å². The molecule has 0 fully saturated rings. The smallest absolute Gasteiger partial charge is 0.383 e. The van der Waals surface area contributed by atoms with Gasteiger partial charge in [-0.15, -0.1) is 0 Å². The first-order valence-corrected chi connectivity index (χ1v) is 8.50. The van der Waals surface area contributed by atoms with Gasteiger partial charge in [-0.1, -0.05) is 32.0 Å². The number of nitrogens with two attached hydrogens (primary N) is 1. The van der Waals surface area contributed by atoms with Gasteiger partial charge >= 0.3 is 6.18 Å². The summed E-state index contributed by atoms with van der Waals surface area (Å²) in [4.78, 5) is 16.2. The van der Waals surface area contributed by atoms with Gasteiger partial charge in [-0.05, 0) is 30.3 Å². The van der Waals surface area contributed by atoms with Gasteiger partial charge in [0.25, 0.3) is 5.91 Å². The summed E-state index contributed by atoms with van der Waals surface area (Å²) in [5.41, 5.74) is 5.75. The van der Waals surface area contributed by atoms with Crippen LogP contribution < -0.4 is 11.1 Å². The van der Waals surface area contributed by atoms with Crippen molar-refractivity contribution in [3.63, 3.8) is 0 Å². The highest BCUT2D eigenvalue weighted by Crippen LogP contribution is 2.33. The molecule has 0 saturated carbocycles. The van der Waals surface area contributed by atoms with Gasteiger partial charge in [0.1, 0.15) is 11.6 Å². The fourth-order valence-corrected chi connectivity index (χ4v) is 2.40. The van der Waals surface area contributed by atoms with E-state index in [1.165, 1.54) is 19.2 Å². The van der Waals surface area contributed by atoms with E-state index in [-0.39, 0.29) is 28.8 Å². The number of anilines is 2. The van der Waals surface area contributed by atoms with Crippen molar-refractivity contribution in [2.75, 3.05) is 11.1 Å². The summed E-state index contributed by atoms with van der Waals surface area (Å²) >= 11 is 0. The average molecular weight is 391 g/mol. The van der Waals surface area contributed by atoms with Gasteiger partial charge in [0.15, 0.2) is 5.69 Å². The van der Waals surface area contributed by atoms with Crippen LogP contribution in [0.2, 0.25) is 0 Å². The maximum atomic E-state index is 12.8. The lowest BCUT2D eigenvalue weighted by Crippen LogP contribution is -2.13. The fraction of sp³-hybridized carbons (Fsp3) is 0.211. The number of rotatable bonds is 3. The Bertz CT molecular complexity index is 952. The molecular weight excluding hydrogens is 371 g/mol. The van der Waals surface area contributed by atoms with Crippen LogP contribution in [0.15, 0.2) is 48.5 Å². The van der Waals surface area contributed by atoms with E-state index in [1.54, 1.807) is 30.3 Å². The maximum absolute atomic E-state index is 12.8. The number of nitrogen functional groups attached to an aromatic ring is 1. The molecule has 0 aliphatic rings. The van der Waals surface area contributed by atoms with Crippen LogP contribution in [0.25, 0.3) is 11.3 Å². The Balaban J connectivity index is 0.00000136. The Morgan fingerprint density at radius 2 is 1.75 bits per heavy atom. The topological polar surface area (TPSA) is 85.8 Å². The lowest BCUT2D eigenvalue weighted by atomic mass is 10.1. The van der Waals surface area contributed by atoms with Gasteiger partial charge in [-0.2, -0.15) is 18.3 Å². The third-order valence-electron chi connectivity index (χ3n) is 3.65. The van der Waals surface area contributed by atoms with Gasteiger partial charge in [0.2, 0.25) is 0 Å². The van der Waals surface area contributed by atoms with Crippen molar-refractivity contribution >= 4 is 17.5 Å². The van der Waals surface area contributed by atoms with Crippen LogP contribution in [0.1, 0.15) is 29.9 Å². The van der Waals surface area contributed by atoms with Crippen molar-refractivity contribution in [3.05, 3.63) is 59.8 Å². The molecule has 3 rings (SSSR count). The maximum Gasteiger partial charge on any atom is 0.435 e. The number of nitrogens with zero attached hydrogens (tertiary/aromatic N) is 3. The Morgan fingerprint density at radius 1 is 1.11 bits per heavy atom. The molecule has 3 aromatic rings. The van der Waals surface area contributed by atoms with E-state index in [9.17, 15) is 18.0 Å². The Hall–Kier alpha value is -3.36. The van der Waals surface area contributed by atoms with E-state index in [0.717, 1.165) is 10.7 Å². The van der Waals surface area contributed by atoms with Crippen LogP contribution in [-0.4, -0.2) is 20.7 Å². The minimum atomic E-state index is -4.55. The van der Waals surface area contributed by atoms with Crippen LogP contribution in [0.5, 0.6) is 0 Å². The summed E-state index contributed by atoms with van der Waals surface area (Å²) in [6.07, 6.45) is -4.55. The highest BCUT2D eigenvalue weighted by Gasteiger charge is 2.35. The number of hydrogen-bond donors (Lipinski definition) is 2. The van der Waals surface area contributed by atoms with Crippen molar-refractivity contribution in [1.29, 1.82) is 0 Å². The summed E-state index contributed by atoms with van der Waals surface area (Å²) in [6, 6.07) is 12.4. The quantitative estimate of drug-likeness (QED) is 0.695. The minimum absolute atomic E-state index is 0.0208. The number of pyridine rings is 1. The Kier molecular flexibility index (Phi) is 6.40. The number of halogens is 3. The van der Waals surface area contributed by atoms with Gasteiger partial charge < -0.3 is 11.1 Å². The molecular formula is C19H20F3N5O. The number of aromatic nitrogens is 3. The number of hydrogen-bond acceptors (Lipinski definition) is 4. The number of carbonyl (C=O) groups excluding carboxylic acids is 1. The SMILES string of the molecule is CC.Cn1nc(C(F)(F)F)cc1-c1ccc(NC(=O)c2ccccc2)nc1N. The van der Waals surface area contributed by atoms with Crippen LogP contribution in [-0.2, 0) is 13.2 Å². The molecule has 9 heteroatoms. The van der Waals surface area contributed by atoms with Crippen molar-refractivity contribution in [2.24, 2.45) is 7.05 Å². The number of alkyl halides is 3. The molecule has 0 unspecified atom stereocenters. The summed E-state index contributed by atoms with van der Waals surface area (Å²) in [5.74, 6) is -0.198. The summed E-state index contributed by atoms with van der Waals surface area (Å²) < 4.78 is 39.5. The zero-order valence-corrected chi connectivity index (χ0v) is 15.6. The third-order valence-corrected chi connectivity index (χ3v) is 3.65. The largest absolute Gasteiger partial charge is 0.435 e. The zero-order chi connectivity index (χ0) is 20.9. The monoisotopic (exact) mass is 391 g/mol. The number of carbonyl (C=O) groups is 1. The van der Waals surface area contributed by atoms with E-state index >= 15 is 0 Å². The molecule has 0 radical (unpaired) electrons. The standard InChI is InChI=1S/C17H14F3N5O.C2H6/c1-25-12(9-13(24-25)17(18,19)20)11-7-8-14(22-15(11)21)23-16(26)10-5-3-2-4-6-10;1-2/h2-9H,1H3,(H3,21,22,23,26);1-2H3. The molecule has 28 heavy (non-hydrogen) atoms. The van der Waals surface area contributed by atoms with Crippen LogP contribution in [0.4, 0.5) is 24.8 Å². The minimum Gasteiger partial charge on any atom is -0.383 e. The summed E-state index contributed by atoms with van der Waals surface area (Å²) in [7, 11) is 1.38. The first-order chi connectivity index (χ1) is 13.3.